The zero-order valence-corrected chi connectivity index (χ0v) is 13.4. The van der Waals surface area contributed by atoms with Crippen molar-refractivity contribution in [1.82, 2.24) is 15.3 Å². The Morgan fingerprint density at radius 1 is 1.38 bits per heavy atom. The van der Waals surface area contributed by atoms with Crippen LogP contribution in [0.5, 0.6) is 0 Å². The molecule has 0 atom stereocenters. The Morgan fingerprint density at radius 3 is 2.81 bits per heavy atom. The first kappa shape index (κ1) is 13.5. The van der Waals surface area contributed by atoms with Crippen LogP contribution < -0.4 is 10.9 Å². The maximum atomic E-state index is 12.2. The number of nitrogens with one attached hydrogen (secondary N) is 2. The summed E-state index contributed by atoms with van der Waals surface area (Å²) in [6.07, 6.45) is 5.57. The number of thiophene rings is 1. The molecule has 0 aromatic carbocycles. The molecule has 0 bridgehead atoms. The van der Waals surface area contributed by atoms with Gasteiger partial charge in [0.25, 0.3) is 5.56 Å². The smallest absolute Gasteiger partial charge is 0.259 e. The molecule has 112 valence electrons. The maximum absolute atomic E-state index is 12.2. The molecule has 5 heteroatoms. The molecule has 0 unspecified atom stereocenters. The quantitative estimate of drug-likeness (QED) is 0.893. The molecule has 2 fully saturated rings. The predicted molar refractivity (Wildman–Crippen MR) is 85.8 cm³/mol. The van der Waals surface area contributed by atoms with Crippen LogP contribution in [0, 0.1) is 25.2 Å². The molecule has 0 radical (unpaired) electrons. The largest absolute Gasteiger partial charge is 0.309 e. The standard InChI is InChI=1S/C16H21N3OS/c1-9-10(2)21-15-13(9)14(20)18-12(19-15)7-17-8-16(5-6-16)11-3-4-11/h11,17H,3-8H2,1-2H3,(H,18,19,20). The lowest BCUT2D eigenvalue weighted by Gasteiger charge is -2.14. The molecule has 2 saturated carbocycles. The zero-order valence-electron chi connectivity index (χ0n) is 12.6. The van der Waals surface area contributed by atoms with Crippen molar-refractivity contribution in [2.45, 2.75) is 46.1 Å². The summed E-state index contributed by atoms with van der Waals surface area (Å²) in [5.74, 6) is 1.72. The highest BCUT2D eigenvalue weighted by Crippen LogP contribution is 2.60. The van der Waals surface area contributed by atoms with Gasteiger partial charge in [0.1, 0.15) is 10.7 Å². The van der Waals surface area contributed by atoms with Crippen LogP contribution >= 0.6 is 11.3 Å². The number of aromatic nitrogens is 2. The minimum absolute atomic E-state index is 0.00183. The van der Waals surface area contributed by atoms with E-state index in [1.165, 1.54) is 30.6 Å². The predicted octanol–water partition coefficient (Wildman–Crippen LogP) is 2.88. The van der Waals surface area contributed by atoms with Gasteiger partial charge < -0.3 is 10.3 Å². The van der Waals surface area contributed by atoms with Crippen molar-refractivity contribution >= 4 is 21.6 Å². The summed E-state index contributed by atoms with van der Waals surface area (Å²) < 4.78 is 0. The van der Waals surface area contributed by atoms with E-state index < -0.39 is 0 Å². The van der Waals surface area contributed by atoms with Crippen molar-refractivity contribution < 1.29 is 0 Å². The molecular weight excluding hydrogens is 282 g/mol. The number of nitrogens with zero attached hydrogens (tertiary/aromatic N) is 1. The van der Waals surface area contributed by atoms with Crippen molar-refractivity contribution in [3.8, 4) is 0 Å². The van der Waals surface area contributed by atoms with Crippen molar-refractivity contribution in [2.75, 3.05) is 6.54 Å². The van der Waals surface area contributed by atoms with Crippen LogP contribution in [0.25, 0.3) is 10.2 Å². The molecule has 0 saturated heterocycles. The summed E-state index contributed by atoms with van der Waals surface area (Å²) >= 11 is 1.61. The molecule has 2 aromatic rings. The Labute approximate surface area is 128 Å². The lowest BCUT2D eigenvalue weighted by Crippen LogP contribution is -2.27. The number of H-pyrrole nitrogens is 1. The number of aryl methyl sites for hydroxylation is 2. The van der Waals surface area contributed by atoms with Gasteiger partial charge in [-0.05, 0) is 56.4 Å². The van der Waals surface area contributed by atoms with Crippen LogP contribution in [0.15, 0.2) is 4.79 Å². The lowest BCUT2D eigenvalue weighted by molar-refractivity contribution is 0.401. The van der Waals surface area contributed by atoms with E-state index in [-0.39, 0.29) is 5.56 Å². The third-order valence-electron chi connectivity index (χ3n) is 5.19. The van der Waals surface area contributed by atoms with Gasteiger partial charge in [-0.25, -0.2) is 4.98 Å². The highest BCUT2D eigenvalue weighted by molar-refractivity contribution is 7.18. The Bertz CT molecular complexity index is 753. The zero-order chi connectivity index (χ0) is 14.6. The first-order chi connectivity index (χ1) is 10.1. The van der Waals surface area contributed by atoms with Crippen LogP contribution in [0.2, 0.25) is 0 Å². The normalized spacial score (nSPS) is 20.1. The minimum atomic E-state index is 0.00183. The lowest BCUT2D eigenvalue weighted by atomic mass is 10.0. The van der Waals surface area contributed by atoms with E-state index in [9.17, 15) is 4.79 Å². The van der Waals surface area contributed by atoms with Crippen LogP contribution in [-0.2, 0) is 6.54 Å². The van der Waals surface area contributed by atoms with Gasteiger partial charge in [-0.15, -0.1) is 11.3 Å². The Kier molecular flexibility index (Phi) is 2.98. The van der Waals surface area contributed by atoms with Crippen LogP contribution in [0.3, 0.4) is 0 Å². The van der Waals surface area contributed by atoms with Crippen molar-refractivity contribution in [3.63, 3.8) is 0 Å². The second kappa shape index (κ2) is 4.65. The monoisotopic (exact) mass is 303 g/mol. The highest BCUT2D eigenvalue weighted by Gasteiger charge is 2.53. The van der Waals surface area contributed by atoms with Gasteiger partial charge in [0.15, 0.2) is 0 Å². The van der Waals surface area contributed by atoms with E-state index in [1.807, 2.05) is 13.8 Å². The van der Waals surface area contributed by atoms with Gasteiger partial charge in [0.2, 0.25) is 0 Å². The Morgan fingerprint density at radius 2 is 2.14 bits per heavy atom. The van der Waals surface area contributed by atoms with Gasteiger partial charge in [-0.3, -0.25) is 4.79 Å². The fraction of sp³-hybridized carbons (Fsp3) is 0.625. The van der Waals surface area contributed by atoms with Gasteiger partial charge >= 0.3 is 0 Å². The van der Waals surface area contributed by atoms with E-state index in [0.29, 0.717) is 12.0 Å². The molecule has 21 heavy (non-hydrogen) atoms. The fourth-order valence-electron chi connectivity index (χ4n) is 3.40. The molecule has 2 aliphatic rings. The molecule has 4 rings (SSSR count). The second-order valence-corrected chi connectivity index (χ2v) is 7.92. The molecule has 2 aliphatic carbocycles. The Hall–Kier alpha value is -1.20. The third kappa shape index (κ3) is 2.32. The number of hydrogen-bond donors (Lipinski definition) is 2. The third-order valence-corrected chi connectivity index (χ3v) is 6.29. The van der Waals surface area contributed by atoms with E-state index in [4.69, 9.17) is 0 Å². The first-order valence-electron chi connectivity index (χ1n) is 7.79. The number of fused-ring (bicyclic) bond motifs is 1. The second-order valence-electron chi connectivity index (χ2n) is 6.72. The number of aromatic amines is 1. The van der Waals surface area contributed by atoms with Crippen molar-refractivity contribution in [1.29, 1.82) is 0 Å². The number of rotatable bonds is 5. The van der Waals surface area contributed by atoms with E-state index in [0.717, 1.165) is 34.1 Å². The average Bonchev–Trinajstić information content (AvgIpc) is 3.31. The first-order valence-corrected chi connectivity index (χ1v) is 8.60. The Balaban J connectivity index is 1.50. The molecule has 2 N–H and O–H groups in total. The summed E-state index contributed by atoms with van der Waals surface area (Å²) in [7, 11) is 0. The number of hydrogen-bond acceptors (Lipinski definition) is 4. The maximum Gasteiger partial charge on any atom is 0.259 e. The summed E-state index contributed by atoms with van der Waals surface area (Å²) in [5, 5.41) is 4.27. The van der Waals surface area contributed by atoms with Crippen molar-refractivity contribution in [2.24, 2.45) is 11.3 Å². The minimum Gasteiger partial charge on any atom is -0.309 e. The summed E-state index contributed by atoms with van der Waals surface area (Å²) in [5.41, 5.74) is 1.65. The van der Waals surface area contributed by atoms with E-state index in [1.54, 1.807) is 11.3 Å². The summed E-state index contributed by atoms with van der Waals surface area (Å²) in [4.78, 5) is 21.8. The molecule has 0 spiro atoms. The van der Waals surface area contributed by atoms with E-state index in [2.05, 4.69) is 15.3 Å². The van der Waals surface area contributed by atoms with Crippen LogP contribution in [0.4, 0.5) is 0 Å². The molecule has 0 aliphatic heterocycles. The highest BCUT2D eigenvalue weighted by atomic mass is 32.1. The summed E-state index contributed by atoms with van der Waals surface area (Å²) in [6.45, 7) is 5.78. The molecular formula is C16H21N3OS. The van der Waals surface area contributed by atoms with Crippen LogP contribution in [0.1, 0.15) is 41.9 Å². The molecule has 4 nitrogen and oxygen atoms in total. The van der Waals surface area contributed by atoms with Gasteiger partial charge in [-0.2, -0.15) is 0 Å². The summed E-state index contributed by atoms with van der Waals surface area (Å²) in [6, 6.07) is 0. The average molecular weight is 303 g/mol. The van der Waals surface area contributed by atoms with Gasteiger partial charge in [0, 0.05) is 11.4 Å². The topological polar surface area (TPSA) is 57.8 Å². The van der Waals surface area contributed by atoms with Crippen molar-refractivity contribution in [3.05, 3.63) is 26.6 Å². The fourth-order valence-corrected chi connectivity index (χ4v) is 4.45. The van der Waals surface area contributed by atoms with Gasteiger partial charge in [0.05, 0.1) is 11.9 Å². The SMILES string of the molecule is Cc1sc2nc(CNCC3(C4CC4)CC3)[nH]c(=O)c2c1C. The molecule has 0 amide bonds. The van der Waals surface area contributed by atoms with Gasteiger partial charge in [-0.1, -0.05) is 0 Å². The van der Waals surface area contributed by atoms with Crippen LogP contribution in [-0.4, -0.2) is 16.5 Å². The van der Waals surface area contributed by atoms with E-state index >= 15 is 0 Å². The molecule has 2 heterocycles. The molecule has 2 aromatic heterocycles.